The Morgan fingerprint density at radius 2 is 0.545 bits per heavy atom. The van der Waals surface area contributed by atoms with Gasteiger partial charge in [0.05, 0.1) is 4.90 Å². The molecule has 0 aliphatic rings. The van der Waals surface area contributed by atoms with E-state index in [0.717, 1.165) is 12.8 Å². The average Bonchev–Trinajstić information content (AvgIpc) is 3.16. The number of benzene rings is 1. The second-order valence-corrected chi connectivity index (χ2v) is 18.7. The minimum absolute atomic E-state index is 0. The van der Waals surface area contributed by atoms with E-state index in [0.29, 0.717) is 12.0 Å². The van der Waals surface area contributed by atoms with Gasteiger partial charge in [-0.15, -0.1) is 0 Å². The van der Waals surface area contributed by atoms with Gasteiger partial charge in [0.25, 0.3) is 0 Å². The first kappa shape index (κ1) is 55.8. The van der Waals surface area contributed by atoms with Gasteiger partial charge in [-0.1, -0.05) is 288 Å². The van der Waals surface area contributed by atoms with Crippen molar-refractivity contribution in [2.75, 3.05) is 0 Å². The molecule has 0 spiro atoms. The van der Waals surface area contributed by atoms with E-state index in [-0.39, 0.29) is 56.3 Å². The second-order valence-electron chi connectivity index (χ2n) is 17.3. The van der Waals surface area contributed by atoms with Crippen LogP contribution < -0.4 is 51.4 Å². The summed E-state index contributed by atoms with van der Waals surface area (Å²) in [6, 6.07) is 6.65. The van der Waals surface area contributed by atoms with Crippen LogP contribution in [0, 0.1) is 0 Å². The number of hydrogen-bond donors (Lipinski definition) is 0. The smallest absolute Gasteiger partial charge is 0.744 e. The molecule has 0 aliphatic carbocycles. The summed E-state index contributed by atoms with van der Waals surface area (Å²) in [5.74, 6) is 0. The van der Waals surface area contributed by atoms with E-state index in [1.807, 2.05) is 6.07 Å². The van der Waals surface area contributed by atoms with Crippen molar-refractivity contribution in [1.29, 1.82) is 0 Å². The van der Waals surface area contributed by atoms with Gasteiger partial charge in [-0.05, 0) is 24.5 Å². The van der Waals surface area contributed by atoms with Gasteiger partial charge in [0.1, 0.15) is 10.1 Å². The molecule has 1 aromatic rings. The first-order valence-corrected chi connectivity index (χ1v) is 26.0. The third-order valence-corrected chi connectivity index (χ3v) is 13.0. The summed E-state index contributed by atoms with van der Waals surface area (Å²) in [7, 11) is -4.37. The van der Waals surface area contributed by atoms with Gasteiger partial charge < -0.3 is 4.55 Å². The molecule has 1 rings (SSSR count). The summed E-state index contributed by atoms with van der Waals surface area (Å²) < 4.78 is 34.2. The van der Waals surface area contributed by atoms with Crippen LogP contribution in [0.2, 0.25) is 0 Å². The molecule has 0 bridgehead atoms. The fourth-order valence-corrected chi connectivity index (χ4v) is 9.15. The Labute approximate surface area is 388 Å². The van der Waals surface area contributed by atoms with Gasteiger partial charge >= 0.3 is 51.4 Å². The molecule has 0 fully saturated rings. The maximum atomic E-state index is 11.4. The second kappa shape index (κ2) is 44.3. The quantitative estimate of drug-likeness (QED) is 0.0375. The molecule has 0 atom stereocenters. The standard InChI is InChI=1S/C50H94O3S.K/c1-2-3-4-5-6-7-8-9-10-11-12-13-14-15-16-17-18-19-20-21-22-23-24-25-26-27-28-29-30-31-32-33-34-35-36-37-38-39-40-41-42-43-46-49-47-44-45-48-50(49)54(51,52)53;/h44-45,47-48H,2-43,46H2,1H3,(H,51,52,53);/q;+1/p-1. The Bertz CT molecular complexity index is 997. The first-order valence-electron chi connectivity index (χ1n) is 24.6. The Hall–Kier alpha value is 0.766. The van der Waals surface area contributed by atoms with Crippen LogP contribution in [0.5, 0.6) is 0 Å². The zero-order chi connectivity index (χ0) is 38.9. The molecule has 0 unspecified atom stereocenters. The summed E-state index contributed by atoms with van der Waals surface area (Å²) in [4.78, 5) is -0.0398. The van der Waals surface area contributed by atoms with Gasteiger partial charge in [0.15, 0.2) is 0 Å². The van der Waals surface area contributed by atoms with E-state index in [1.54, 1.807) is 12.1 Å². The predicted octanol–water partition coefficient (Wildman–Crippen LogP) is 14.5. The summed E-state index contributed by atoms with van der Waals surface area (Å²) in [6.45, 7) is 2.31. The number of rotatable bonds is 44. The van der Waals surface area contributed by atoms with Crippen LogP contribution in [0.4, 0.5) is 0 Å². The fraction of sp³-hybridized carbons (Fsp3) is 0.880. The minimum Gasteiger partial charge on any atom is -0.744 e. The third kappa shape index (κ3) is 40.0. The van der Waals surface area contributed by atoms with Gasteiger partial charge in [0, 0.05) is 0 Å². The van der Waals surface area contributed by atoms with Crippen molar-refractivity contribution in [3.63, 3.8) is 0 Å². The van der Waals surface area contributed by atoms with Crippen LogP contribution in [0.15, 0.2) is 29.2 Å². The van der Waals surface area contributed by atoms with E-state index in [1.165, 1.54) is 263 Å². The average molecular weight is 813 g/mol. The zero-order valence-electron chi connectivity index (χ0n) is 37.3. The van der Waals surface area contributed by atoms with Crippen LogP contribution in [-0.4, -0.2) is 13.0 Å². The van der Waals surface area contributed by atoms with Crippen LogP contribution in [0.25, 0.3) is 0 Å². The normalized spacial score (nSPS) is 11.7. The molecule has 0 aliphatic heterocycles. The molecule has 0 amide bonds. The molecule has 0 N–H and O–H groups in total. The monoisotopic (exact) mass is 813 g/mol. The summed E-state index contributed by atoms with van der Waals surface area (Å²) in [5, 5.41) is 0. The Kier molecular flexibility index (Phi) is 44.9. The fourth-order valence-electron chi connectivity index (χ4n) is 8.41. The molecular formula is C50H93KO3S. The van der Waals surface area contributed by atoms with Crippen molar-refractivity contribution in [2.45, 2.75) is 288 Å². The van der Waals surface area contributed by atoms with Crippen molar-refractivity contribution in [1.82, 2.24) is 0 Å². The number of aryl methyl sites for hydroxylation is 1. The van der Waals surface area contributed by atoms with E-state index >= 15 is 0 Å². The zero-order valence-corrected chi connectivity index (χ0v) is 41.3. The van der Waals surface area contributed by atoms with E-state index in [2.05, 4.69) is 6.92 Å². The van der Waals surface area contributed by atoms with Crippen molar-refractivity contribution in [2.24, 2.45) is 0 Å². The summed E-state index contributed by atoms with van der Waals surface area (Å²) >= 11 is 0. The first-order chi connectivity index (χ1) is 26.6. The van der Waals surface area contributed by atoms with Crippen molar-refractivity contribution in [3.05, 3.63) is 29.8 Å². The van der Waals surface area contributed by atoms with Gasteiger partial charge in [0.2, 0.25) is 0 Å². The minimum atomic E-state index is -4.37. The van der Waals surface area contributed by atoms with Crippen molar-refractivity contribution in [3.8, 4) is 0 Å². The van der Waals surface area contributed by atoms with Gasteiger partial charge in [-0.25, -0.2) is 8.42 Å². The molecule has 5 heteroatoms. The predicted molar refractivity (Wildman–Crippen MR) is 238 cm³/mol. The number of hydrogen-bond acceptors (Lipinski definition) is 3. The summed E-state index contributed by atoms with van der Waals surface area (Å²) in [5.41, 5.74) is 0.675. The molecule has 318 valence electrons. The number of unbranched alkanes of at least 4 members (excludes halogenated alkanes) is 41. The molecule has 1 aromatic carbocycles. The molecule has 3 nitrogen and oxygen atoms in total. The molecule has 0 radical (unpaired) electrons. The molecular weight excluding hydrogens is 720 g/mol. The van der Waals surface area contributed by atoms with E-state index in [4.69, 9.17) is 0 Å². The molecule has 0 aromatic heterocycles. The Balaban J connectivity index is 0.0000292. The maximum Gasteiger partial charge on any atom is 1.00 e. The molecule has 55 heavy (non-hydrogen) atoms. The van der Waals surface area contributed by atoms with Crippen LogP contribution in [0.3, 0.4) is 0 Å². The van der Waals surface area contributed by atoms with Crippen LogP contribution in [-0.2, 0) is 16.5 Å². The maximum absolute atomic E-state index is 11.4. The Morgan fingerprint density at radius 1 is 0.345 bits per heavy atom. The molecule has 0 heterocycles. The molecule has 0 saturated heterocycles. The van der Waals surface area contributed by atoms with E-state index < -0.39 is 10.1 Å². The Morgan fingerprint density at radius 3 is 0.764 bits per heavy atom. The van der Waals surface area contributed by atoms with Crippen LogP contribution in [0.1, 0.15) is 282 Å². The summed E-state index contributed by atoms with van der Waals surface area (Å²) in [6.07, 6.45) is 60.3. The van der Waals surface area contributed by atoms with Gasteiger partial charge in [-0.3, -0.25) is 0 Å². The molecule has 0 saturated carbocycles. The third-order valence-electron chi connectivity index (χ3n) is 12.0. The largest absolute Gasteiger partial charge is 1.00 e. The van der Waals surface area contributed by atoms with Gasteiger partial charge in [-0.2, -0.15) is 0 Å². The van der Waals surface area contributed by atoms with Crippen molar-refractivity contribution < 1.29 is 64.4 Å². The van der Waals surface area contributed by atoms with E-state index in [9.17, 15) is 13.0 Å². The van der Waals surface area contributed by atoms with Crippen molar-refractivity contribution >= 4 is 10.1 Å². The topological polar surface area (TPSA) is 57.2 Å². The van der Waals surface area contributed by atoms with Crippen LogP contribution >= 0.6 is 0 Å². The SMILES string of the molecule is CCCCCCCCCCCCCCCCCCCCCCCCCCCCCCCCCCCCCCCCCCCCc1ccccc1S(=O)(=O)[O-].[K+].